The lowest BCUT2D eigenvalue weighted by atomic mass is 9.78. The molecule has 0 spiro atoms. The number of halogens is 1. The number of hydrogen-bond donors (Lipinski definition) is 0. The molecule has 0 aromatic rings. The Balaban J connectivity index is 5.14. The van der Waals surface area contributed by atoms with Crippen molar-refractivity contribution in [1.82, 2.24) is 0 Å². The van der Waals surface area contributed by atoms with Gasteiger partial charge >= 0.3 is 11.9 Å². The molecule has 0 amide bonds. The zero-order valence-electron chi connectivity index (χ0n) is 12.9. The van der Waals surface area contributed by atoms with E-state index in [1.807, 2.05) is 6.92 Å². The highest BCUT2D eigenvalue weighted by Crippen LogP contribution is 2.34. The standard InChI is InChI=1S/C15H27ClO4/c1-4-7-10-15(11-8-9-12-16,13(17)19-5-2)14(18)20-6-3/h4-12H2,1-3H3. The molecule has 0 aromatic heterocycles. The Morgan fingerprint density at radius 1 is 0.900 bits per heavy atom. The third-order valence-electron chi connectivity index (χ3n) is 3.28. The Hall–Kier alpha value is -0.770. The first kappa shape index (κ1) is 19.2. The van der Waals surface area contributed by atoms with Gasteiger partial charge in [-0.3, -0.25) is 9.59 Å². The van der Waals surface area contributed by atoms with Crippen LogP contribution in [0.4, 0.5) is 0 Å². The molecule has 0 aliphatic rings. The van der Waals surface area contributed by atoms with Gasteiger partial charge in [0.05, 0.1) is 13.2 Å². The first-order valence-corrected chi connectivity index (χ1v) is 8.02. The van der Waals surface area contributed by atoms with Crippen molar-refractivity contribution in [3.8, 4) is 0 Å². The van der Waals surface area contributed by atoms with Crippen LogP contribution in [0.3, 0.4) is 0 Å². The normalized spacial score (nSPS) is 11.2. The van der Waals surface area contributed by atoms with E-state index in [4.69, 9.17) is 21.1 Å². The predicted octanol–water partition coefficient (Wildman–Crippen LogP) is 3.70. The fraction of sp³-hybridized carbons (Fsp3) is 0.867. The molecule has 5 heteroatoms. The highest BCUT2D eigenvalue weighted by Gasteiger charge is 2.47. The van der Waals surface area contributed by atoms with E-state index in [0.717, 1.165) is 19.3 Å². The van der Waals surface area contributed by atoms with Crippen molar-refractivity contribution in [1.29, 1.82) is 0 Å². The van der Waals surface area contributed by atoms with Crippen LogP contribution < -0.4 is 0 Å². The molecular weight excluding hydrogens is 280 g/mol. The van der Waals surface area contributed by atoms with Gasteiger partial charge in [0.1, 0.15) is 0 Å². The lowest BCUT2D eigenvalue weighted by Crippen LogP contribution is -2.42. The van der Waals surface area contributed by atoms with Gasteiger partial charge in [0, 0.05) is 5.88 Å². The molecule has 0 unspecified atom stereocenters. The molecule has 20 heavy (non-hydrogen) atoms. The number of esters is 2. The number of carbonyl (C=O) groups is 2. The molecule has 0 N–H and O–H groups in total. The lowest BCUT2D eigenvalue weighted by Gasteiger charge is -2.29. The van der Waals surface area contributed by atoms with Crippen molar-refractivity contribution in [2.24, 2.45) is 5.41 Å². The van der Waals surface area contributed by atoms with Crippen molar-refractivity contribution >= 4 is 23.5 Å². The number of hydrogen-bond acceptors (Lipinski definition) is 4. The SMILES string of the molecule is CCCCC(CCCCCl)(C(=O)OCC)C(=O)OCC. The molecule has 0 aromatic carbocycles. The van der Waals surface area contributed by atoms with E-state index in [2.05, 4.69) is 0 Å². The van der Waals surface area contributed by atoms with Crippen LogP contribution in [0.15, 0.2) is 0 Å². The van der Waals surface area contributed by atoms with Crippen LogP contribution in [0.25, 0.3) is 0 Å². The zero-order chi connectivity index (χ0) is 15.4. The molecule has 4 nitrogen and oxygen atoms in total. The Morgan fingerprint density at radius 2 is 1.40 bits per heavy atom. The minimum Gasteiger partial charge on any atom is -0.465 e. The first-order valence-electron chi connectivity index (χ1n) is 7.49. The third kappa shape index (κ3) is 5.70. The van der Waals surface area contributed by atoms with E-state index in [1.54, 1.807) is 13.8 Å². The maximum absolute atomic E-state index is 12.3. The average molecular weight is 307 g/mol. The third-order valence-corrected chi connectivity index (χ3v) is 3.54. The van der Waals surface area contributed by atoms with E-state index in [0.29, 0.717) is 25.1 Å². The van der Waals surface area contributed by atoms with Crippen LogP contribution in [-0.2, 0) is 19.1 Å². The largest absolute Gasteiger partial charge is 0.465 e. The van der Waals surface area contributed by atoms with Crippen LogP contribution in [0.5, 0.6) is 0 Å². The maximum Gasteiger partial charge on any atom is 0.323 e. The number of unbranched alkanes of at least 4 members (excludes halogenated alkanes) is 2. The zero-order valence-corrected chi connectivity index (χ0v) is 13.6. The van der Waals surface area contributed by atoms with Crippen molar-refractivity contribution in [3.05, 3.63) is 0 Å². The van der Waals surface area contributed by atoms with Crippen molar-refractivity contribution in [3.63, 3.8) is 0 Å². The number of alkyl halides is 1. The summed E-state index contributed by atoms with van der Waals surface area (Å²) < 4.78 is 10.3. The van der Waals surface area contributed by atoms with E-state index < -0.39 is 17.4 Å². The van der Waals surface area contributed by atoms with Crippen LogP contribution in [0, 0.1) is 5.41 Å². The number of rotatable bonds is 11. The summed E-state index contributed by atoms with van der Waals surface area (Å²) in [6, 6.07) is 0. The van der Waals surface area contributed by atoms with E-state index in [9.17, 15) is 9.59 Å². The van der Waals surface area contributed by atoms with Crippen molar-refractivity contribution in [2.45, 2.75) is 59.3 Å². The molecule has 0 saturated carbocycles. The predicted molar refractivity (Wildman–Crippen MR) is 79.8 cm³/mol. The summed E-state index contributed by atoms with van der Waals surface area (Å²) in [6.45, 7) is 6.04. The first-order chi connectivity index (χ1) is 9.58. The van der Waals surface area contributed by atoms with Gasteiger partial charge in [-0.25, -0.2) is 0 Å². The van der Waals surface area contributed by atoms with E-state index >= 15 is 0 Å². The van der Waals surface area contributed by atoms with E-state index in [-0.39, 0.29) is 13.2 Å². The van der Waals surface area contributed by atoms with Gasteiger partial charge in [-0.05, 0) is 33.1 Å². The monoisotopic (exact) mass is 306 g/mol. The summed E-state index contributed by atoms with van der Waals surface area (Å²) in [5.74, 6) is -0.391. The van der Waals surface area contributed by atoms with Gasteiger partial charge in [0.15, 0.2) is 5.41 Å². The summed E-state index contributed by atoms with van der Waals surface area (Å²) in [4.78, 5) is 24.7. The number of ether oxygens (including phenoxy) is 2. The van der Waals surface area contributed by atoms with Crippen LogP contribution in [-0.4, -0.2) is 31.0 Å². The smallest absolute Gasteiger partial charge is 0.323 e. The Kier molecular flexibility index (Phi) is 10.5. The summed E-state index contributed by atoms with van der Waals surface area (Å²) in [5.41, 5.74) is -1.16. The molecule has 0 atom stereocenters. The molecule has 0 bridgehead atoms. The Bertz CT molecular complexity index is 274. The highest BCUT2D eigenvalue weighted by molar-refractivity contribution is 6.17. The molecule has 0 rings (SSSR count). The molecule has 0 fully saturated rings. The second kappa shape index (κ2) is 11.0. The summed E-state index contributed by atoms with van der Waals surface area (Å²) in [5, 5.41) is 0. The van der Waals surface area contributed by atoms with Gasteiger partial charge < -0.3 is 9.47 Å². The minimum absolute atomic E-state index is 0.265. The second-order valence-corrected chi connectivity index (χ2v) is 5.15. The number of carbonyl (C=O) groups excluding carboxylic acids is 2. The fourth-order valence-electron chi connectivity index (χ4n) is 2.15. The van der Waals surface area contributed by atoms with Crippen molar-refractivity contribution < 1.29 is 19.1 Å². The molecule has 0 aliphatic carbocycles. The summed E-state index contributed by atoms with van der Waals surface area (Å²) in [6.07, 6.45) is 4.11. The fourth-order valence-corrected chi connectivity index (χ4v) is 2.34. The van der Waals surface area contributed by atoms with Gasteiger partial charge in [-0.15, -0.1) is 11.6 Å². The van der Waals surface area contributed by atoms with Crippen LogP contribution in [0.2, 0.25) is 0 Å². The van der Waals surface area contributed by atoms with E-state index in [1.165, 1.54) is 0 Å². The molecule has 0 radical (unpaired) electrons. The Labute approximate surface area is 127 Å². The lowest BCUT2D eigenvalue weighted by molar-refractivity contribution is -0.173. The topological polar surface area (TPSA) is 52.6 Å². The van der Waals surface area contributed by atoms with Gasteiger partial charge in [-0.2, -0.15) is 0 Å². The van der Waals surface area contributed by atoms with Crippen molar-refractivity contribution in [2.75, 3.05) is 19.1 Å². The quantitative estimate of drug-likeness (QED) is 0.253. The van der Waals surface area contributed by atoms with Crippen LogP contribution in [0.1, 0.15) is 59.3 Å². The average Bonchev–Trinajstić information content (AvgIpc) is 2.43. The molecule has 0 aliphatic heterocycles. The van der Waals surface area contributed by atoms with Gasteiger partial charge in [-0.1, -0.05) is 26.2 Å². The molecule has 118 valence electrons. The van der Waals surface area contributed by atoms with Crippen LogP contribution >= 0.6 is 11.6 Å². The van der Waals surface area contributed by atoms with Gasteiger partial charge in [0.25, 0.3) is 0 Å². The van der Waals surface area contributed by atoms with Gasteiger partial charge in [0.2, 0.25) is 0 Å². The molecular formula is C15H27ClO4. The maximum atomic E-state index is 12.3. The highest BCUT2D eigenvalue weighted by atomic mass is 35.5. The second-order valence-electron chi connectivity index (χ2n) is 4.77. The minimum atomic E-state index is -1.16. The molecule has 0 saturated heterocycles. The summed E-state index contributed by atoms with van der Waals surface area (Å²) in [7, 11) is 0. The summed E-state index contributed by atoms with van der Waals surface area (Å²) >= 11 is 5.68. The molecule has 0 heterocycles. The Morgan fingerprint density at radius 3 is 1.80 bits per heavy atom.